The van der Waals surface area contributed by atoms with E-state index in [1.807, 2.05) is 0 Å². The predicted octanol–water partition coefficient (Wildman–Crippen LogP) is 4.44. The third-order valence-electron chi connectivity index (χ3n) is 3.57. The van der Waals surface area contributed by atoms with Crippen molar-refractivity contribution in [3.05, 3.63) is 34.9 Å². The number of halogens is 1. The summed E-state index contributed by atoms with van der Waals surface area (Å²) in [6.07, 6.45) is 1.01. The number of rotatable bonds is 5. The number of aryl methyl sites for hydroxylation is 2. The van der Waals surface area contributed by atoms with Gasteiger partial charge in [0.15, 0.2) is 0 Å². The Morgan fingerprint density at radius 2 is 1.83 bits per heavy atom. The Bertz CT molecular complexity index is 379. The lowest BCUT2D eigenvalue weighted by molar-refractivity contribution is 0.260. The molecule has 1 aromatic carbocycles. The van der Waals surface area contributed by atoms with Gasteiger partial charge in [0, 0.05) is 18.5 Å². The molecule has 0 amide bonds. The number of alkyl halides is 1. The average Bonchev–Trinajstić information content (AvgIpc) is 2.27. The van der Waals surface area contributed by atoms with Gasteiger partial charge in [-0.15, -0.1) is 11.6 Å². The molecule has 1 N–H and O–H groups in total. The number of benzene rings is 1. The summed E-state index contributed by atoms with van der Waals surface area (Å²) >= 11 is 5.89. The Labute approximate surface area is 117 Å². The summed E-state index contributed by atoms with van der Waals surface area (Å²) in [6, 6.07) is 7.12. The van der Waals surface area contributed by atoms with Crippen molar-refractivity contribution in [3.8, 4) is 0 Å². The molecule has 2 heteroatoms. The zero-order valence-corrected chi connectivity index (χ0v) is 13.1. The van der Waals surface area contributed by atoms with E-state index in [0.29, 0.717) is 11.9 Å². The minimum absolute atomic E-state index is 0.245. The number of hydrogen-bond donors (Lipinski definition) is 1. The molecule has 0 aliphatic heterocycles. The molecule has 0 aromatic heterocycles. The van der Waals surface area contributed by atoms with Gasteiger partial charge in [-0.1, -0.05) is 39.0 Å². The smallest absolute Gasteiger partial charge is 0.0238 e. The molecular weight excluding hydrogens is 242 g/mol. The Hall–Kier alpha value is -0.530. The molecular formula is C16H26ClN. The second-order valence-electron chi connectivity index (χ2n) is 6.20. The summed E-state index contributed by atoms with van der Waals surface area (Å²) in [5, 5.41) is 3.64. The molecule has 0 aliphatic rings. The van der Waals surface area contributed by atoms with E-state index in [-0.39, 0.29) is 5.41 Å². The zero-order chi connectivity index (χ0) is 13.8. The monoisotopic (exact) mass is 267 g/mol. The van der Waals surface area contributed by atoms with Gasteiger partial charge in [-0.3, -0.25) is 0 Å². The van der Waals surface area contributed by atoms with Crippen molar-refractivity contribution in [2.75, 3.05) is 5.88 Å². The minimum atomic E-state index is 0.245. The van der Waals surface area contributed by atoms with E-state index in [9.17, 15) is 0 Å². The van der Waals surface area contributed by atoms with Gasteiger partial charge in [0.25, 0.3) is 0 Å². The Kier molecular flexibility index (Phi) is 5.68. The second-order valence-corrected chi connectivity index (χ2v) is 6.57. The van der Waals surface area contributed by atoms with Crippen molar-refractivity contribution in [1.82, 2.24) is 5.32 Å². The lowest BCUT2D eigenvalue weighted by Gasteiger charge is -2.31. The summed E-state index contributed by atoms with van der Waals surface area (Å²) in [7, 11) is 0. The van der Waals surface area contributed by atoms with Crippen LogP contribution in [0, 0.1) is 19.3 Å². The SMILES string of the molecule is Cc1ccc(CNC(CCCl)C(C)(C)C)cc1C. The molecule has 0 fully saturated rings. The fraction of sp³-hybridized carbons (Fsp3) is 0.625. The van der Waals surface area contributed by atoms with Gasteiger partial charge in [-0.25, -0.2) is 0 Å². The molecule has 0 saturated heterocycles. The molecule has 1 aromatic rings. The highest BCUT2D eigenvalue weighted by Gasteiger charge is 2.23. The van der Waals surface area contributed by atoms with Gasteiger partial charge in [0.1, 0.15) is 0 Å². The summed E-state index contributed by atoms with van der Waals surface area (Å²) in [5.41, 5.74) is 4.31. The molecule has 0 aliphatic carbocycles. The quantitative estimate of drug-likeness (QED) is 0.778. The number of hydrogen-bond acceptors (Lipinski definition) is 1. The van der Waals surface area contributed by atoms with Crippen LogP contribution in [0.25, 0.3) is 0 Å². The van der Waals surface area contributed by atoms with E-state index in [0.717, 1.165) is 13.0 Å². The second kappa shape index (κ2) is 6.58. The van der Waals surface area contributed by atoms with Crippen molar-refractivity contribution in [2.45, 2.75) is 53.6 Å². The summed E-state index contributed by atoms with van der Waals surface area (Å²) in [5.74, 6) is 0.710. The molecule has 102 valence electrons. The van der Waals surface area contributed by atoms with E-state index in [2.05, 4.69) is 58.1 Å². The van der Waals surface area contributed by atoms with Crippen molar-refractivity contribution in [1.29, 1.82) is 0 Å². The number of nitrogens with one attached hydrogen (secondary N) is 1. The first kappa shape index (κ1) is 15.5. The maximum Gasteiger partial charge on any atom is 0.0238 e. The Morgan fingerprint density at radius 3 is 2.33 bits per heavy atom. The first-order valence-electron chi connectivity index (χ1n) is 6.70. The highest BCUT2D eigenvalue weighted by atomic mass is 35.5. The highest BCUT2D eigenvalue weighted by molar-refractivity contribution is 6.17. The maximum atomic E-state index is 5.89. The molecule has 0 saturated carbocycles. The van der Waals surface area contributed by atoms with Crippen molar-refractivity contribution in [3.63, 3.8) is 0 Å². The third kappa shape index (κ3) is 4.62. The van der Waals surface area contributed by atoms with Gasteiger partial charge in [0.2, 0.25) is 0 Å². The van der Waals surface area contributed by atoms with Crippen LogP contribution < -0.4 is 5.32 Å². The highest BCUT2D eigenvalue weighted by Crippen LogP contribution is 2.22. The summed E-state index contributed by atoms with van der Waals surface area (Å²) in [6.45, 7) is 12.0. The van der Waals surface area contributed by atoms with Crippen LogP contribution in [0.15, 0.2) is 18.2 Å². The van der Waals surface area contributed by atoms with Gasteiger partial charge >= 0.3 is 0 Å². The van der Waals surface area contributed by atoms with E-state index >= 15 is 0 Å². The Balaban J connectivity index is 2.64. The van der Waals surface area contributed by atoms with Crippen LogP contribution in [-0.4, -0.2) is 11.9 Å². The van der Waals surface area contributed by atoms with Crippen LogP contribution in [0.2, 0.25) is 0 Å². The summed E-state index contributed by atoms with van der Waals surface area (Å²) < 4.78 is 0. The van der Waals surface area contributed by atoms with Gasteiger partial charge in [-0.2, -0.15) is 0 Å². The zero-order valence-electron chi connectivity index (χ0n) is 12.3. The van der Waals surface area contributed by atoms with Crippen molar-refractivity contribution >= 4 is 11.6 Å². The topological polar surface area (TPSA) is 12.0 Å². The predicted molar refractivity (Wildman–Crippen MR) is 81.3 cm³/mol. The van der Waals surface area contributed by atoms with Gasteiger partial charge in [-0.05, 0) is 42.4 Å². The molecule has 0 radical (unpaired) electrons. The fourth-order valence-corrected chi connectivity index (χ4v) is 2.32. The van der Waals surface area contributed by atoms with Crippen LogP contribution in [0.1, 0.15) is 43.9 Å². The first-order chi connectivity index (χ1) is 8.34. The normalized spacial score (nSPS) is 13.7. The largest absolute Gasteiger partial charge is 0.309 e. The van der Waals surface area contributed by atoms with E-state index in [1.165, 1.54) is 16.7 Å². The van der Waals surface area contributed by atoms with E-state index < -0.39 is 0 Å². The summed E-state index contributed by atoms with van der Waals surface area (Å²) in [4.78, 5) is 0. The van der Waals surface area contributed by atoms with Crippen molar-refractivity contribution < 1.29 is 0 Å². The van der Waals surface area contributed by atoms with E-state index in [4.69, 9.17) is 11.6 Å². The van der Waals surface area contributed by atoms with Crippen LogP contribution >= 0.6 is 11.6 Å². The lowest BCUT2D eigenvalue weighted by atomic mass is 9.85. The molecule has 1 atom stereocenters. The van der Waals surface area contributed by atoms with Crippen LogP contribution in [0.3, 0.4) is 0 Å². The van der Waals surface area contributed by atoms with Gasteiger partial charge in [0.05, 0.1) is 0 Å². The lowest BCUT2D eigenvalue weighted by Crippen LogP contribution is -2.40. The minimum Gasteiger partial charge on any atom is -0.309 e. The molecule has 0 bridgehead atoms. The molecule has 18 heavy (non-hydrogen) atoms. The van der Waals surface area contributed by atoms with Crippen molar-refractivity contribution in [2.24, 2.45) is 5.41 Å². The molecule has 0 spiro atoms. The third-order valence-corrected chi connectivity index (χ3v) is 3.79. The maximum absolute atomic E-state index is 5.89. The molecule has 1 nitrogen and oxygen atoms in total. The van der Waals surface area contributed by atoms with Crippen LogP contribution in [0.4, 0.5) is 0 Å². The van der Waals surface area contributed by atoms with Crippen LogP contribution in [-0.2, 0) is 6.54 Å². The molecule has 1 rings (SSSR count). The van der Waals surface area contributed by atoms with E-state index in [1.54, 1.807) is 0 Å². The Morgan fingerprint density at radius 1 is 1.17 bits per heavy atom. The van der Waals surface area contributed by atoms with Gasteiger partial charge < -0.3 is 5.32 Å². The standard InChI is InChI=1S/C16H26ClN/c1-12-6-7-14(10-13(12)2)11-18-15(8-9-17)16(3,4)5/h6-7,10,15,18H,8-9,11H2,1-5H3. The molecule has 0 heterocycles. The molecule has 1 unspecified atom stereocenters. The first-order valence-corrected chi connectivity index (χ1v) is 7.23. The van der Waals surface area contributed by atoms with Crippen LogP contribution in [0.5, 0.6) is 0 Å². The average molecular weight is 268 g/mol. The fourth-order valence-electron chi connectivity index (χ4n) is 2.10.